The van der Waals surface area contributed by atoms with Gasteiger partial charge in [0.05, 0.1) is 0 Å². The van der Waals surface area contributed by atoms with Crippen molar-refractivity contribution in [2.75, 3.05) is 0 Å². The molecule has 4 heteroatoms. The molecule has 0 N–H and O–H groups in total. The molecule has 1 heterocycles. The van der Waals surface area contributed by atoms with Gasteiger partial charge < -0.3 is 0 Å². The van der Waals surface area contributed by atoms with Gasteiger partial charge in [0.25, 0.3) is 0 Å². The van der Waals surface area contributed by atoms with Gasteiger partial charge in [-0.05, 0) is 25.2 Å². The zero-order valence-electron chi connectivity index (χ0n) is 9.61. The molecule has 87 valence electrons. The number of carbonyl (C=O) groups excluding carboxylic acids is 1. The quantitative estimate of drug-likeness (QED) is 0.712. The largest absolute Gasteiger partial charge is 0.273 e. The van der Waals surface area contributed by atoms with Crippen LogP contribution in [0, 0.1) is 0 Å². The van der Waals surface area contributed by atoms with Crippen LogP contribution in [0.5, 0.6) is 0 Å². The van der Waals surface area contributed by atoms with Crippen molar-refractivity contribution in [3.63, 3.8) is 0 Å². The van der Waals surface area contributed by atoms with E-state index in [1.54, 1.807) is 11.3 Å². The third kappa shape index (κ3) is 3.30. The zero-order valence-corrected chi connectivity index (χ0v) is 10.4. The highest BCUT2D eigenvalue weighted by molar-refractivity contribution is 7.15. The van der Waals surface area contributed by atoms with E-state index in [1.807, 2.05) is 6.20 Å². The van der Waals surface area contributed by atoms with E-state index in [2.05, 4.69) is 17.2 Å². The van der Waals surface area contributed by atoms with Gasteiger partial charge in [-0.3, -0.25) is 4.79 Å². The minimum absolute atomic E-state index is 0.0230. The fourth-order valence-corrected chi connectivity index (χ4v) is 2.55. The summed E-state index contributed by atoms with van der Waals surface area (Å²) < 4.78 is 0. The number of carbonyl (C=O) groups is 1. The van der Waals surface area contributed by atoms with Crippen LogP contribution < -0.4 is 5.32 Å². The molecule has 3 nitrogen and oxygen atoms in total. The second-order valence-corrected chi connectivity index (χ2v) is 5.32. The molecule has 0 saturated heterocycles. The predicted molar refractivity (Wildman–Crippen MR) is 65.0 cm³/mol. The van der Waals surface area contributed by atoms with Gasteiger partial charge in [0, 0.05) is 17.5 Å². The zero-order chi connectivity index (χ0) is 11.4. The third-order valence-electron chi connectivity index (χ3n) is 2.71. The monoisotopic (exact) mass is 237 g/mol. The van der Waals surface area contributed by atoms with Crippen molar-refractivity contribution in [1.82, 2.24) is 10.3 Å². The molecule has 0 bridgehead atoms. The maximum atomic E-state index is 11.5. The Morgan fingerprint density at radius 3 is 3.06 bits per heavy atom. The van der Waals surface area contributed by atoms with Gasteiger partial charge >= 0.3 is 0 Å². The molecule has 1 aromatic heterocycles. The van der Waals surface area contributed by atoms with Crippen molar-refractivity contribution >= 4 is 22.4 Å². The summed E-state index contributed by atoms with van der Waals surface area (Å²) in [5.41, 5.74) is 0. The molecule has 1 aliphatic rings. The molecule has 0 aromatic carbocycles. The molecular weight excluding hydrogens is 220 g/mol. The summed E-state index contributed by atoms with van der Waals surface area (Å²) >= 11 is 1.57. The van der Waals surface area contributed by atoms with E-state index >= 15 is 0 Å². The Hall–Kier alpha value is -0.900. The maximum absolute atomic E-state index is 11.5. The number of hydrogen-bond donors (Lipinski definition) is 0. The molecular formula is C12H17N2OS. The highest BCUT2D eigenvalue weighted by Gasteiger charge is 2.26. The first-order valence-corrected chi connectivity index (χ1v) is 6.81. The average molecular weight is 237 g/mol. The van der Waals surface area contributed by atoms with Gasteiger partial charge in [-0.15, -0.1) is 0 Å². The minimum atomic E-state index is -0.0230. The molecule has 0 atom stereocenters. The van der Waals surface area contributed by atoms with E-state index in [1.165, 1.54) is 17.7 Å². The summed E-state index contributed by atoms with van der Waals surface area (Å²) in [6.07, 6.45) is 8.16. The van der Waals surface area contributed by atoms with Crippen LogP contribution >= 0.6 is 11.3 Å². The fourth-order valence-electron chi connectivity index (χ4n) is 1.57. The van der Waals surface area contributed by atoms with Crippen LogP contribution in [-0.4, -0.2) is 10.9 Å². The van der Waals surface area contributed by atoms with E-state index in [-0.39, 0.29) is 5.91 Å². The summed E-state index contributed by atoms with van der Waals surface area (Å²) in [7, 11) is 0. The van der Waals surface area contributed by atoms with Gasteiger partial charge in [0.15, 0.2) is 0 Å². The van der Waals surface area contributed by atoms with E-state index in [4.69, 9.17) is 0 Å². The van der Waals surface area contributed by atoms with E-state index < -0.39 is 0 Å². The number of thiazole rings is 1. The lowest BCUT2D eigenvalue weighted by atomic mass is 10.2. The van der Waals surface area contributed by atoms with E-state index in [0.717, 1.165) is 19.3 Å². The number of aromatic nitrogens is 1. The Morgan fingerprint density at radius 1 is 1.56 bits per heavy atom. The summed E-state index contributed by atoms with van der Waals surface area (Å²) in [4.78, 5) is 17.0. The number of rotatable bonds is 6. The van der Waals surface area contributed by atoms with Crippen LogP contribution in [0.25, 0.3) is 0 Å². The predicted octanol–water partition coefficient (Wildman–Crippen LogP) is 3.36. The molecule has 1 radical (unpaired) electrons. The highest BCUT2D eigenvalue weighted by atomic mass is 32.1. The van der Waals surface area contributed by atoms with Gasteiger partial charge in [0.1, 0.15) is 0 Å². The summed E-state index contributed by atoms with van der Waals surface area (Å²) in [5, 5.41) is 4.67. The fraction of sp³-hybridized carbons (Fsp3) is 0.667. The van der Waals surface area contributed by atoms with Gasteiger partial charge in [0.2, 0.25) is 11.0 Å². The van der Waals surface area contributed by atoms with Crippen molar-refractivity contribution in [2.45, 2.75) is 51.4 Å². The van der Waals surface area contributed by atoms with E-state index in [0.29, 0.717) is 17.5 Å². The minimum Gasteiger partial charge on any atom is -0.273 e. The lowest BCUT2D eigenvalue weighted by Crippen LogP contribution is -2.09. The second kappa shape index (κ2) is 5.43. The average Bonchev–Trinajstić information content (AvgIpc) is 3.01. The topological polar surface area (TPSA) is 44.1 Å². The number of amides is 1. The Kier molecular flexibility index (Phi) is 3.93. The molecule has 0 spiro atoms. The normalized spacial score (nSPS) is 15.1. The standard InChI is InChI=1S/C12H17N2OS/c1-2-3-4-5-11(15)14-12-13-8-10(16-12)9-6-7-9/h8-9H,2-7H2,1H3. The first kappa shape index (κ1) is 11.6. The van der Waals surface area contributed by atoms with Crippen LogP contribution in [0.4, 0.5) is 5.13 Å². The van der Waals surface area contributed by atoms with Crippen LogP contribution in [0.15, 0.2) is 6.20 Å². The Balaban J connectivity index is 1.76. The molecule has 1 saturated carbocycles. The molecule has 16 heavy (non-hydrogen) atoms. The number of unbranched alkanes of at least 4 members (excludes halogenated alkanes) is 2. The SMILES string of the molecule is CCCCCC(=O)[N]c1ncc(C2CC2)s1. The lowest BCUT2D eigenvalue weighted by molar-refractivity contribution is -0.120. The van der Waals surface area contributed by atoms with Crippen molar-refractivity contribution < 1.29 is 4.79 Å². The first-order chi connectivity index (χ1) is 7.79. The molecule has 1 aromatic rings. The van der Waals surface area contributed by atoms with Gasteiger partial charge in [-0.2, -0.15) is 5.32 Å². The molecule has 1 fully saturated rings. The van der Waals surface area contributed by atoms with Crippen LogP contribution in [0.1, 0.15) is 56.2 Å². The van der Waals surface area contributed by atoms with Crippen molar-refractivity contribution in [2.24, 2.45) is 0 Å². The molecule has 0 unspecified atom stereocenters. The third-order valence-corrected chi connectivity index (χ3v) is 3.76. The van der Waals surface area contributed by atoms with Crippen molar-refractivity contribution in [1.29, 1.82) is 0 Å². The molecule has 2 rings (SSSR count). The first-order valence-electron chi connectivity index (χ1n) is 6.00. The molecule has 0 aliphatic heterocycles. The lowest BCUT2D eigenvalue weighted by Gasteiger charge is -1.97. The molecule has 1 aliphatic carbocycles. The van der Waals surface area contributed by atoms with Crippen LogP contribution in [0.3, 0.4) is 0 Å². The van der Waals surface area contributed by atoms with Gasteiger partial charge in [-0.25, -0.2) is 4.98 Å². The Morgan fingerprint density at radius 2 is 2.38 bits per heavy atom. The number of nitrogens with zero attached hydrogens (tertiary/aromatic N) is 2. The number of hydrogen-bond acceptors (Lipinski definition) is 3. The maximum Gasteiger partial charge on any atom is 0.248 e. The summed E-state index contributed by atoms with van der Waals surface area (Å²) in [6.45, 7) is 2.13. The second-order valence-electron chi connectivity index (χ2n) is 4.28. The smallest absolute Gasteiger partial charge is 0.248 e. The Bertz CT molecular complexity index is 358. The van der Waals surface area contributed by atoms with Crippen molar-refractivity contribution in [3.8, 4) is 0 Å². The van der Waals surface area contributed by atoms with E-state index in [9.17, 15) is 4.79 Å². The van der Waals surface area contributed by atoms with Crippen molar-refractivity contribution in [3.05, 3.63) is 11.1 Å². The summed E-state index contributed by atoms with van der Waals surface area (Å²) in [6, 6.07) is 0. The molecule has 1 amide bonds. The highest BCUT2D eigenvalue weighted by Crippen LogP contribution is 2.43. The van der Waals surface area contributed by atoms with Crippen LogP contribution in [0.2, 0.25) is 0 Å². The Labute approximate surface area is 100 Å². The summed E-state index contributed by atoms with van der Waals surface area (Å²) in [5.74, 6) is 0.682. The van der Waals surface area contributed by atoms with Crippen LogP contribution in [-0.2, 0) is 4.79 Å². The van der Waals surface area contributed by atoms with Gasteiger partial charge in [-0.1, -0.05) is 31.1 Å².